The van der Waals surface area contributed by atoms with Gasteiger partial charge in [0.2, 0.25) is 5.88 Å². The minimum absolute atomic E-state index is 0.00422. The van der Waals surface area contributed by atoms with Crippen molar-refractivity contribution in [1.29, 1.82) is 0 Å². The third-order valence-electron chi connectivity index (χ3n) is 3.76. The number of aryl methyl sites for hydroxylation is 3. The first-order chi connectivity index (χ1) is 10.5. The Kier molecular flexibility index (Phi) is 3.83. The van der Waals surface area contributed by atoms with Crippen LogP contribution in [0.1, 0.15) is 34.0 Å². The van der Waals surface area contributed by atoms with Crippen molar-refractivity contribution in [2.24, 2.45) is 0 Å². The Hall–Kier alpha value is -2.37. The molecule has 1 fully saturated rings. The molecule has 0 spiro atoms. The maximum absolute atomic E-state index is 12.5. The molecule has 1 amide bonds. The molecule has 6 heteroatoms. The number of aromatic nitrogens is 2. The molecule has 1 atom stereocenters. The van der Waals surface area contributed by atoms with Crippen LogP contribution in [-0.2, 0) is 0 Å². The highest BCUT2D eigenvalue weighted by atomic mass is 16.5. The zero-order chi connectivity index (χ0) is 15.7. The topological polar surface area (TPSA) is 68.5 Å². The Balaban J connectivity index is 1.63. The highest BCUT2D eigenvalue weighted by molar-refractivity contribution is 5.95. The summed E-state index contributed by atoms with van der Waals surface area (Å²) in [6.45, 7) is 6.76. The quantitative estimate of drug-likeness (QED) is 0.870. The van der Waals surface area contributed by atoms with Crippen LogP contribution in [0.5, 0.6) is 5.88 Å². The van der Waals surface area contributed by atoms with Gasteiger partial charge in [-0.15, -0.1) is 5.10 Å². The third-order valence-corrected chi connectivity index (χ3v) is 3.76. The lowest BCUT2D eigenvalue weighted by Gasteiger charge is -2.16. The molecule has 1 saturated heterocycles. The van der Waals surface area contributed by atoms with Crippen LogP contribution < -0.4 is 4.74 Å². The van der Waals surface area contributed by atoms with Crippen molar-refractivity contribution < 1.29 is 13.9 Å². The van der Waals surface area contributed by atoms with Gasteiger partial charge in [0.15, 0.2) is 0 Å². The number of furan rings is 1. The molecule has 0 radical (unpaired) electrons. The molecule has 2 aromatic heterocycles. The fourth-order valence-corrected chi connectivity index (χ4v) is 2.64. The minimum Gasteiger partial charge on any atom is -0.471 e. The van der Waals surface area contributed by atoms with E-state index >= 15 is 0 Å². The second-order valence-corrected chi connectivity index (χ2v) is 5.62. The van der Waals surface area contributed by atoms with E-state index in [1.165, 1.54) is 0 Å². The molecule has 116 valence electrons. The number of amides is 1. The Morgan fingerprint density at radius 3 is 2.77 bits per heavy atom. The van der Waals surface area contributed by atoms with E-state index in [1.807, 2.05) is 26.8 Å². The van der Waals surface area contributed by atoms with Crippen LogP contribution in [0.4, 0.5) is 0 Å². The second kappa shape index (κ2) is 5.79. The number of likely N-dealkylation sites (tertiary alicyclic amines) is 1. The molecule has 3 heterocycles. The fraction of sp³-hybridized carbons (Fsp3) is 0.438. The normalized spacial score (nSPS) is 17.8. The first-order valence-corrected chi connectivity index (χ1v) is 7.36. The van der Waals surface area contributed by atoms with Crippen molar-refractivity contribution in [2.75, 3.05) is 13.1 Å². The van der Waals surface area contributed by atoms with E-state index in [0.29, 0.717) is 30.3 Å². The summed E-state index contributed by atoms with van der Waals surface area (Å²) in [7, 11) is 0. The predicted molar refractivity (Wildman–Crippen MR) is 79.9 cm³/mol. The summed E-state index contributed by atoms with van der Waals surface area (Å²) >= 11 is 0. The van der Waals surface area contributed by atoms with E-state index in [-0.39, 0.29) is 12.0 Å². The number of rotatable bonds is 3. The standard InChI is InChI=1S/C16H19N3O3/c1-10-4-5-15(18-17-10)22-13-6-7-19(9-13)16(20)14-8-11(2)21-12(14)3/h4-5,8,13H,6-7,9H2,1-3H3/t13-/m0/s1. The molecule has 0 bridgehead atoms. The smallest absolute Gasteiger partial charge is 0.257 e. The molecule has 0 saturated carbocycles. The summed E-state index contributed by atoms with van der Waals surface area (Å²) in [5.74, 6) is 1.91. The van der Waals surface area contributed by atoms with Crippen molar-refractivity contribution >= 4 is 5.91 Å². The van der Waals surface area contributed by atoms with E-state index in [1.54, 1.807) is 17.0 Å². The monoisotopic (exact) mass is 301 g/mol. The van der Waals surface area contributed by atoms with E-state index in [0.717, 1.165) is 17.9 Å². The van der Waals surface area contributed by atoms with Gasteiger partial charge in [0.25, 0.3) is 5.91 Å². The molecule has 1 aliphatic heterocycles. The van der Waals surface area contributed by atoms with Crippen molar-refractivity contribution in [3.05, 3.63) is 41.0 Å². The number of carbonyl (C=O) groups is 1. The average molecular weight is 301 g/mol. The Morgan fingerprint density at radius 1 is 1.32 bits per heavy atom. The summed E-state index contributed by atoms with van der Waals surface area (Å²) in [5, 5.41) is 7.97. The van der Waals surface area contributed by atoms with Gasteiger partial charge >= 0.3 is 0 Å². The zero-order valence-electron chi connectivity index (χ0n) is 13.0. The summed E-state index contributed by atoms with van der Waals surface area (Å²) < 4.78 is 11.2. The van der Waals surface area contributed by atoms with Crippen molar-refractivity contribution in [3.63, 3.8) is 0 Å². The van der Waals surface area contributed by atoms with Gasteiger partial charge in [-0.2, -0.15) is 5.10 Å². The minimum atomic E-state index is -0.0470. The molecule has 0 aliphatic carbocycles. The molecule has 22 heavy (non-hydrogen) atoms. The summed E-state index contributed by atoms with van der Waals surface area (Å²) in [6.07, 6.45) is 0.742. The van der Waals surface area contributed by atoms with Crippen LogP contribution in [-0.4, -0.2) is 40.2 Å². The predicted octanol–water partition coefficient (Wildman–Crippen LogP) is 2.29. The molecule has 3 rings (SSSR count). The molecule has 0 unspecified atom stereocenters. The van der Waals surface area contributed by atoms with Gasteiger partial charge in [-0.05, 0) is 32.9 Å². The molecular weight excluding hydrogens is 282 g/mol. The fourth-order valence-electron chi connectivity index (χ4n) is 2.64. The van der Waals surface area contributed by atoms with Gasteiger partial charge in [0.1, 0.15) is 17.6 Å². The van der Waals surface area contributed by atoms with Crippen molar-refractivity contribution in [3.8, 4) is 5.88 Å². The number of carbonyl (C=O) groups excluding carboxylic acids is 1. The molecule has 0 N–H and O–H groups in total. The van der Waals surface area contributed by atoms with Gasteiger partial charge in [-0.1, -0.05) is 0 Å². The Bertz CT molecular complexity index is 678. The number of hydrogen-bond acceptors (Lipinski definition) is 5. The van der Waals surface area contributed by atoms with Crippen LogP contribution in [0, 0.1) is 20.8 Å². The van der Waals surface area contributed by atoms with E-state index in [9.17, 15) is 4.79 Å². The van der Waals surface area contributed by atoms with Gasteiger partial charge in [0, 0.05) is 19.0 Å². The average Bonchev–Trinajstić information content (AvgIpc) is 3.07. The Labute approximate surface area is 129 Å². The molecule has 6 nitrogen and oxygen atoms in total. The number of ether oxygens (including phenoxy) is 1. The summed E-state index contributed by atoms with van der Waals surface area (Å²) in [5.41, 5.74) is 1.48. The summed E-state index contributed by atoms with van der Waals surface area (Å²) in [6, 6.07) is 5.45. The SMILES string of the molecule is Cc1ccc(O[C@H]2CCN(C(=O)c3cc(C)oc3C)C2)nn1. The maximum Gasteiger partial charge on any atom is 0.257 e. The van der Waals surface area contributed by atoms with Crippen LogP contribution in [0.25, 0.3) is 0 Å². The van der Waals surface area contributed by atoms with E-state index in [4.69, 9.17) is 9.15 Å². The lowest BCUT2D eigenvalue weighted by molar-refractivity contribution is 0.0769. The van der Waals surface area contributed by atoms with E-state index < -0.39 is 0 Å². The van der Waals surface area contributed by atoms with Gasteiger partial charge in [-0.3, -0.25) is 4.79 Å². The second-order valence-electron chi connectivity index (χ2n) is 5.62. The lowest BCUT2D eigenvalue weighted by Crippen LogP contribution is -2.31. The van der Waals surface area contributed by atoms with Gasteiger partial charge in [0.05, 0.1) is 17.8 Å². The van der Waals surface area contributed by atoms with Crippen LogP contribution in [0.15, 0.2) is 22.6 Å². The highest BCUT2D eigenvalue weighted by Gasteiger charge is 2.30. The number of nitrogens with zero attached hydrogens (tertiary/aromatic N) is 3. The van der Waals surface area contributed by atoms with E-state index in [2.05, 4.69) is 10.2 Å². The molecule has 2 aromatic rings. The maximum atomic E-state index is 12.5. The first kappa shape index (κ1) is 14.6. The van der Waals surface area contributed by atoms with Crippen molar-refractivity contribution in [1.82, 2.24) is 15.1 Å². The molecular formula is C16H19N3O3. The highest BCUT2D eigenvalue weighted by Crippen LogP contribution is 2.21. The largest absolute Gasteiger partial charge is 0.471 e. The molecule has 1 aliphatic rings. The first-order valence-electron chi connectivity index (χ1n) is 7.36. The van der Waals surface area contributed by atoms with Crippen LogP contribution in [0.2, 0.25) is 0 Å². The Morgan fingerprint density at radius 2 is 2.14 bits per heavy atom. The van der Waals surface area contributed by atoms with Gasteiger partial charge in [-0.25, -0.2) is 0 Å². The zero-order valence-corrected chi connectivity index (χ0v) is 13.0. The van der Waals surface area contributed by atoms with Gasteiger partial charge < -0.3 is 14.1 Å². The molecule has 0 aromatic carbocycles. The van der Waals surface area contributed by atoms with Crippen LogP contribution in [0.3, 0.4) is 0 Å². The number of hydrogen-bond donors (Lipinski definition) is 0. The summed E-state index contributed by atoms with van der Waals surface area (Å²) in [4.78, 5) is 14.3. The third kappa shape index (κ3) is 2.95. The van der Waals surface area contributed by atoms with Crippen molar-refractivity contribution in [2.45, 2.75) is 33.3 Å². The van der Waals surface area contributed by atoms with Crippen LogP contribution >= 0.6 is 0 Å². The lowest BCUT2D eigenvalue weighted by atomic mass is 10.2.